The van der Waals surface area contributed by atoms with Crippen molar-refractivity contribution in [2.45, 2.75) is 6.54 Å². The van der Waals surface area contributed by atoms with Crippen molar-refractivity contribution in [3.63, 3.8) is 0 Å². The van der Waals surface area contributed by atoms with Gasteiger partial charge in [-0.2, -0.15) is 0 Å². The number of hydrogen-bond donors (Lipinski definition) is 1. The van der Waals surface area contributed by atoms with Crippen molar-refractivity contribution in [3.8, 4) is 0 Å². The highest BCUT2D eigenvalue weighted by molar-refractivity contribution is 7.09. The summed E-state index contributed by atoms with van der Waals surface area (Å²) in [4.78, 5) is 3.99. The predicted octanol–water partition coefficient (Wildman–Crippen LogP) is -0.115. The van der Waals surface area contributed by atoms with Crippen molar-refractivity contribution in [1.29, 1.82) is 0 Å². The molecule has 3 heteroatoms. The Morgan fingerprint density at radius 2 is 2.71 bits per heavy atom. The fourth-order valence-electron chi connectivity index (χ4n) is 0.376. The summed E-state index contributed by atoms with van der Waals surface area (Å²) in [6, 6.07) is 0. The molecule has 1 heterocycles. The van der Waals surface area contributed by atoms with Gasteiger partial charge in [0.1, 0.15) is 11.6 Å². The van der Waals surface area contributed by atoms with E-state index in [1.165, 1.54) is 0 Å². The highest BCUT2D eigenvalue weighted by Crippen LogP contribution is 1.99. The van der Waals surface area contributed by atoms with E-state index in [9.17, 15) is 0 Å². The van der Waals surface area contributed by atoms with Gasteiger partial charge >= 0.3 is 0 Å². The molecule has 1 aromatic heterocycles. The molecule has 0 amide bonds. The molecule has 38 valence electrons. The molecule has 1 aromatic rings. The second-order valence-corrected chi connectivity index (χ2v) is 2.15. The molecule has 0 fully saturated rings. The molecule has 0 atom stereocenters. The van der Waals surface area contributed by atoms with Crippen molar-refractivity contribution >= 4 is 11.3 Å². The van der Waals surface area contributed by atoms with E-state index in [1.54, 1.807) is 17.5 Å². The quantitative estimate of drug-likeness (QED) is 0.545. The normalized spacial score (nSPS) is 9.29. The molecule has 0 radical (unpaired) electrons. The minimum absolute atomic E-state index is 0.817. The van der Waals surface area contributed by atoms with Crippen LogP contribution in [-0.4, -0.2) is 4.98 Å². The summed E-state index contributed by atoms with van der Waals surface area (Å²) in [7, 11) is 0. The van der Waals surface area contributed by atoms with Gasteiger partial charge in [0.25, 0.3) is 0 Å². The Morgan fingerprint density at radius 3 is 3.00 bits per heavy atom. The first-order chi connectivity index (χ1) is 3.43. The van der Waals surface area contributed by atoms with E-state index >= 15 is 0 Å². The SMILES string of the molecule is [NH3+]Cc1nccs1. The van der Waals surface area contributed by atoms with Crippen LogP contribution in [0.15, 0.2) is 11.6 Å². The molecular formula is C4H7N2S+. The Morgan fingerprint density at radius 1 is 1.86 bits per heavy atom. The van der Waals surface area contributed by atoms with Crippen LogP contribution in [0.4, 0.5) is 0 Å². The second kappa shape index (κ2) is 2.04. The maximum atomic E-state index is 3.99. The summed E-state index contributed by atoms with van der Waals surface area (Å²) < 4.78 is 0. The summed E-state index contributed by atoms with van der Waals surface area (Å²) in [6.45, 7) is 0.817. The van der Waals surface area contributed by atoms with E-state index < -0.39 is 0 Å². The van der Waals surface area contributed by atoms with Gasteiger partial charge in [-0.3, -0.25) is 0 Å². The number of nitrogens with zero attached hydrogens (tertiary/aromatic N) is 1. The Hall–Kier alpha value is -0.410. The minimum atomic E-state index is 0.817. The summed E-state index contributed by atoms with van der Waals surface area (Å²) >= 11 is 1.65. The van der Waals surface area contributed by atoms with Gasteiger partial charge in [-0.05, 0) is 0 Å². The van der Waals surface area contributed by atoms with E-state index in [1.807, 2.05) is 5.38 Å². The van der Waals surface area contributed by atoms with E-state index in [0.717, 1.165) is 11.6 Å². The van der Waals surface area contributed by atoms with Crippen LogP contribution >= 0.6 is 11.3 Å². The van der Waals surface area contributed by atoms with Crippen molar-refractivity contribution in [3.05, 3.63) is 16.6 Å². The number of quaternary nitrogens is 1. The van der Waals surface area contributed by atoms with Gasteiger partial charge < -0.3 is 5.73 Å². The minimum Gasteiger partial charge on any atom is -0.352 e. The molecular weight excluding hydrogens is 108 g/mol. The largest absolute Gasteiger partial charge is 0.352 e. The topological polar surface area (TPSA) is 40.5 Å². The highest BCUT2D eigenvalue weighted by atomic mass is 32.1. The van der Waals surface area contributed by atoms with Crippen molar-refractivity contribution in [2.75, 3.05) is 0 Å². The lowest BCUT2D eigenvalue weighted by atomic mass is 10.7. The third-order valence-electron chi connectivity index (χ3n) is 0.697. The molecule has 0 saturated heterocycles. The predicted molar refractivity (Wildman–Crippen MR) is 28.7 cm³/mol. The number of hydrogen-bond acceptors (Lipinski definition) is 2. The smallest absolute Gasteiger partial charge is 0.147 e. The van der Waals surface area contributed by atoms with Crippen LogP contribution in [-0.2, 0) is 6.54 Å². The summed E-state index contributed by atoms with van der Waals surface area (Å²) in [5.41, 5.74) is 3.68. The van der Waals surface area contributed by atoms with Crippen LogP contribution in [0, 0.1) is 0 Å². The molecule has 0 saturated carbocycles. The van der Waals surface area contributed by atoms with Crippen molar-refractivity contribution in [1.82, 2.24) is 4.98 Å². The van der Waals surface area contributed by atoms with Gasteiger partial charge in [0.05, 0.1) is 0 Å². The monoisotopic (exact) mass is 115 g/mol. The van der Waals surface area contributed by atoms with E-state index in [0.29, 0.717) is 0 Å². The van der Waals surface area contributed by atoms with Crippen molar-refractivity contribution < 1.29 is 5.73 Å². The van der Waals surface area contributed by atoms with E-state index in [-0.39, 0.29) is 0 Å². The molecule has 0 aromatic carbocycles. The van der Waals surface area contributed by atoms with E-state index in [2.05, 4.69) is 10.7 Å². The third-order valence-corrected chi connectivity index (χ3v) is 1.54. The van der Waals surface area contributed by atoms with Gasteiger partial charge in [0, 0.05) is 11.6 Å². The van der Waals surface area contributed by atoms with Crippen LogP contribution in [0.3, 0.4) is 0 Å². The Bertz CT molecular complexity index is 124. The van der Waals surface area contributed by atoms with Gasteiger partial charge in [-0.15, -0.1) is 11.3 Å². The summed E-state index contributed by atoms with van der Waals surface area (Å²) in [5.74, 6) is 0. The Balaban J connectivity index is 2.76. The third kappa shape index (κ3) is 0.976. The zero-order valence-electron chi connectivity index (χ0n) is 3.92. The first-order valence-corrected chi connectivity index (χ1v) is 2.99. The van der Waals surface area contributed by atoms with Crippen LogP contribution < -0.4 is 5.73 Å². The van der Waals surface area contributed by atoms with E-state index in [4.69, 9.17) is 0 Å². The molecule has 0 bridgehead atoms. The molecule has 0 aliphatic heterocycles. The van der Waals surface area contributed by atoms with Crippen LogP contribution in [0.25, 0.3) is 0 Å². The molecule has 7 heavy (non-hydrogen) atoms. The molecule has 3 N–H and O–H groups in total. The lowest BCUT2D eigenvalue weighted by molar-refractivity contribution is -0.386. The highest BCUT2D eigenvalue weighted by Gasteiger charge is 1.87. The molecule has 1 rings (SSSR count). The fourth-order valence-corrected chi connectivity index (χ4v) is 0.895. The molecule has 0 aliphatic carbocycles. The summed E-state index contributed by atoms with van der Waals surface area (Å²) in [5, 5.41) is 3.07. The number of rotatable bonds is 1. The zero-order chi connectivity index (χ0) is 5.11. The Kier molecular flexibility index (Phi) is 1.38. The number of thiazole rings is 1. The average Bonchev–Trinajstić information content (AvgIpc) is 2.14. The molecule has 0 aliphatic rings. The van der Waals surface area contributed by atoms with Gasteiger partial charge in [-0.25, -0.2) is 4.98 Å². The standard InChI is InChI=1S/C4H6N2S/c5-3-4-6-1-2-7-4/h1-2H,3,5H2/p+1. The first-order valence-electron chi connectivity index (χ1n) is 2.11. The lowest BCUT2D eigenvalue weighted by Gasteiger charge is -1.74. The Labute approximate surface area is 46.0 Å². The summed E-state index contributed by atoms with van der Waals surface area (Å²) in [6.07, 6.45) is 1.80. The van der Waals surface area contributed by atoms with Gasteiger partial charge in [-0.1, -0.05) is 0 Å². The van der Waals surface area contributed by atoms with Crippen LogP contribution in [0.5, 0.6) is 0 Å². The van der Waals surface area contributed by atoms with Crippen LogP contribution in [0.1, 0.15) is 5.01 Å². The van der Waals surface area contributed by atoms with Gasteiger partial charge in [0.2, 0.25) is 0 Å². The first kappa shape index (κ1) is 4.74. The maximum Gasteiger partial charge on any atom is 0.147 e. The zero-order valence-corrected chi connectivity index (χ0v) is 4.74. The number of aromatic nitrogens is 1. The maximum absolute atomic E-state index is 3.99. The molecule has 2 nitrogen and oxygen atoms in total. The lowest BCUT2D eigenvalue weighted by Crippen LogP contribution is -2.47. The molecule has 0 unspecified atom stereocenters. The average molecular weight is 115 g/mol. The van der Waals surface area contributed by atoms with Gasteiger partial charge in [0.15, 0.2) is 0 Å². The van der Waals surface area contributed by atoms with Crippen LogP contribution in [0.2, 0.25) is 0 Å². The second-order valence-electron chi connectivity index (χ2n) is 1.18. The van der Waals surface area contributed by atoms with Crippen molar-refractivity contribution in [2.24, 2.45) is 0 Å². The fraction of sp³-hybridized carbons (Fsp3) is 0.250. The molecule has 0 spiro atoms.